The van der Waals surface area contributed by atoms with E-state index in [4.69, 9.17) is 10.5 Å². The lowest BCUT2D eigenvalue weighted by molar-refractivity contribution is -0.124. The van der Waals surface area contributed by atoms with Crippen LogP contribution in [0.15, 0.2) is 0 Å². The summed E-state index contributed by atoms with van der Waals surface area (Å²) in [5, 5.41) is 3.14. The molecule has 3 atom stereocenters. The first-order chi connectivity index (χ1) is 8.56. The molecule has 106 valence electrons. The van der Waals surface area contributed by atoms with Gasteiger partial charge in [-0.15, -0.1) is 0 Å². The smallest absolute Gasteiger partial charge is 0.237 e. The Labute approximate surface area is 111 Å². The highest BCUT2D eigenvalue weighted by atomic mass is 16.5. The number of hydrogen-bond acceptors (Lipinski definition) is 3. The first-order valence-electron chi connectivity index (χ1n) is 7.11. The normalized spacial score (nSPS) is 26.1. The van der Waals surface area contributed by atoms with E-state index in [1.165, 1.54) is 19.3 Å². The molecule has 0 aliphatic heterocycles. The van der Waals surface area contributed by atoms with Gasteiger partial charge in [0.15, 0.2) is 0 Å². The molecule has 1 aliphatic rings. The number of rotatable bonds is 6. The van der Waals surface area contributed by atoms with Gasteiger partial charge in [0.25, 0.3) is 0 Å². The van der Waals surface area contributed by atoms with Crippen LogP contribution in [0.3, 0.4) is 0 Å². The fourth-order valence-electron chi connectivity index (χ4n) is 2.80. The third kappa shape index (κ3) is 4.58. The summed E-state index contributed by atoms with van der Waals surface area (Å²) in [6, 6.07) is -0.139. The molecule has 3 unspecified atom stereocenters. The van der Waals surface area contributed by atoms with Crippen LogP contribution in [0.2, 0.25) is 0 Å². The summed E-state index contributed by atoms with van der Waals surface area (Å²) in [6.07, 6.45) is 5.38. The Morgan fingerprint density at radius 2 is 2.06 bits per heavy atom. The van der Waals surface area contributed by atoms with Gasteiger partial charge in [0.2, 0.25) is 5.91 Å². The molecule has 0 aromatic carbocycles. The van der Waals surface area contributed by atoms with E-state index in [2.05, 4.69) is 19.2 Å². The molecule has 0 heterocycles. The van der Waals surface area contributed by atoms with Gasteiger partial charge in [-0.2, -0.15) is 0 Å². The number of carbonyl (C=O) groups excluding carboxylic acids is 1. The number of carbonyl (C=O) groups is 1. The van der Waals surface area contributed by atoms with E-state index in [9.17, 15) is 4.79 Å². The summed E-state index contributed by atoms with van der Waals surface area (Å²) in [6.45, 7) is 5.01. The zero-order valence-electron chi connectivity index (χ0n) is 11.9. The van der Waals surface area contributed by atoms with Crippen LogP contribution in [0.25, 0.3) is 0 Å². The van der Waals surface area contributed by atoms with E-state index in [0.29, 0.717) is 30.9 Å². The Bertz CT molecular complexity index is 256. The van der Waals surface area contributed by atoms with Gasteiger partial charge in [-0.05, 0) is 31.1 Å². The van der Waals surface area contributed by atoms with Crippen LogP contribution in [-0.4, -0.2) is 31.7 Å². The molecule has 3 N–H and O–H groups in total. The third-order valence-electron chi connectivity index (χ3n) is 3.97. The molecule has 1 saturated carbocycles. The van der Waals surface area contributed by atoms with Crippen LogP contribution in [-0.2, 0) is 9.53 Å². The SMILES string of the molecule is COCCC(N)C(=O)NC1CCCCC1C(C)C. The van der Waals surface area contributed by atoms with Crippen LogP contribution >= 0.6 is 0 Å². The minimum atomic E-state index is -0.445. The molecular formula is C14H28N2O2. The maximum Gasteiger partial charge on any atom is 0.237 e. The van der Waals surface area contributed by atoms with Crippen molar-refractivity contribution in [3.8, 4) is 0 Å². The fourth-order valence-corrected chi connectivity index (χ4v) is 2.80. The monoisotopic (exact) mass is 256 g/mol. The van der Waals surface area contributed by atoms with E-state index in [-0.39, 0.29) is 5.91 Å². The molecular weight excluding hydrogens is 228 g/mol. The minimum absolute atomic E-state index is 0.0235. The van der Waals surface area contributed by atoms with Crippen LogP contribution in [0.4, 0.5) is 0 Å². The second-order valence-electron chi connectivity index (χ2n) is 5.70. The average Bonchev–Trinajstić information content (AvgIpc) is 2.36. The Kier molecular flexibility index (Phi) is 6.65. The molecule has 1 fully saturated rings. The van der Waals surface area contributed by atoms with Gasteiger partial charge in [0.1, 0.15) is 0 Å². The van der Waals surface area contributed by atoms with Gasteiger partial charge in [-0.25, -0.2) is 0 Å². The van der Waals surface area contributed by atoms with Crippen molar-refractivity contribution < 1.29 is 9.53 Å². The van der Waals surface area contributed by atoms with Crippen LogP contribution in [0.5, 0.6) is 0 Å². The van der Waals surface area contributed by atoms with Gasteiger partial charge < -0.3 is 15.8 Å². The number of nitrogens with one attached hydrogen (secondary N) is 1. The lowest BCUT2D eigenvalue weighted by atomic mass is 9.78. The van der Waals surface area contributed by atoms with Gasteiger partial charge in [-0.3, -0.25) is 4.79 Å². The molecule has 1 aliphatic carbocycles. The first-order valence-corrected chi connectivity index (χ1v) is 7.11. The molecule has 1 rings (SSSR count). The second-order valence-corrected chi connectivity index (χ2v) is 5.70. The minimum Gasteiger partial charge on any atom is -0.385 e. The predicted octanol–water partition coefficient (Wildman–Crippen LogP) is 1.68. The third-order valence-corrected chi connectivity index (χ3v) is 3.97. The highest BCUT2D eigenvalue weighted by Crippen LogP contribution is 2.30. The summed E-state index contributed by atoms with van der Waals surface area (Å²) in [5.74, 6) is 1.19. The highest BCUT2D eigenvalue weighted by molar-refractivity contribution is 5.81. The van der Waals surface area contributed by atoms with Crippen molar-refractivity contribution in [1.29, 1.82) is 0 Å². The van der Waals surface area contributed by atoms with Gasteiger partial charge in [0, 0.05) is 19.8 Å². The Morgan fingerprint density at radius 1 is 1.39 bits per heavy atom. The maximum absolute atomic E-state index is 12.0. The molecule has 18 heavy (non-hydrogen) atoms. The highest BCUT2D eigenvalue weighted by Gasteiger charge is 2.29. The average molecular weight is 256 g/mol. The number of hydrogen-bond donors (Lipinski definition) is 2. The standard InChI is InChI=1S/C14H28N2O2/c1-10(2)11-6-4-5-7-13(11)16-14(17)12(15)8-9-18-3/h10-13H,4-9,15H2,1-3H3,(H,16,17). The molecule has 0 saturated heterocycles. The second kappa shape index (κ2) is 7.74. The van der Waals surface area contributed by atoms with Crippen molar-refractivity contribution in [1.82, 2.24) is 5.32 Å². The zero-order valence-corrected chi connectivity index (χ0v) is 11.9. The summed E-state index contributed by atoms with van der Waals surface area (Å²) >= 11 is 0. The van der Waals surface area contributed by atoms with Crippen molar-refractivity contribution in [2.24, 2.45) is 17.6 Å². The molecule has 0 spiro atoms. The largest absolute Gasteiger partial charge is 0.385 e. The van der Waals surface area contributed by atoms with E-state index < -0.39 is 6.04 Å². The van der Waals surface area contributed by atoms with Crippen molar-refractivity contribution in [3.63, 3.8) is 0 Å². The van der Waals surface area contributed by atoms with Crippen LogP contribution in [0.1, 0.15) is 46.0 Å². The molecule has 1 amide bonds. The molecule has 0 aromatic rings. The Morgan fingerprint density at radius 3 is 2.67 bits per heavy atom. The van der Waals surface area contributed by atoms with Crippen LogP contribution in [0, 0.1) is 11.8 Å². The van der Waals surface area contributed by atoms with Crippen molar-refractivity contribution in [2.45, 2.75) is 58.0 Å². The van der Waals surface area contributed by atoms with E-state index in [1.54, 1.807) is 7.11 Å². The Hall–Kier alpha value is -0.610. The zero-order chi connectivity index (χ0) is 13.5. The summed E-state index contributed by atoms with van der Waals surface area (Å²) in [7, 11) is 1.63. The molecule has 0 radical (unpaired) electrons. The number of amides is 1. The van der Waals surface area contributed by atoms with Crippen molar-refractivity contribution in [3.05, 3.63) is 0 Å². The fraction of sp³-hybridized carbons (Fsp3) is 0.929. The molecule has 0 bridgehead atoms. The Balaban J connectivity index is 2.45. The predicted molar refractivity (Wildman–Crippen MR) is 73.2 cm³/mol. The molecule has 0 aromatic heterocycles. The van der Waals surface area contributed by atoms with E-state index >= 15 is 0 Å². The molecule has 4 nitrogen and oxygen atoms in total. The van der Waals surface area contributed by atoms with Crippen molar-refractivity contribution >= 4 is 5.91 Å². The first kappa shape index (κ1) is 15.4. The topological polar surface area (TPSA) is 64.3 Å². The van der Waals surface area contributed by atoms with Crippen molar-refractivity contribution in [2.75, 3.05) is 13.7 Å². The van der Waals surface area contributed by atoms with Gasteiger partial charge in [-0.1, -0.05) is 26.7 Å². The quantitative estimate of drug-likeness (QED) is 0.760. The lowest BCUT2D eigenvalue weighted by Gasteiger charge is -2.35. The maximum atomic E-state index is 12.0. The van der Waals surface area contributed by atoms with Gasteiger partial charge >= 0.3 is 0 Å². The summed E-state index contributed by atoms with van der Waals surface area (Å²) in [5.41, 5.74) is 5.85. The van der Waals surface area contributed by atoms with E-state index in [1.807, 2.05) is 0 Å². The number of nitrogens with two attached hydrogens (primary N) is 1. The number of ether oxygens (including phenoxy) is 1. The summed E-state index contributed by atoms with van der Waals surface area (Å²) < 4.78 is 4.95. The van der Waals surface area contributed by atoms with E-state index in [0.717, 1.165) is 6.42 Å². The lowest BCUT2D eigenvalue weighted by Crippen LogP contribution is -2.50. The molecule has 4 heteroatoms. The summed E-state index contributed by atoms with van der Waals surface area (Å²) in [4.78, 5) is 12.0. The van der Waals surface area contributed by atoms with Crippen LogP contribution < -0.4 is 11.1 Å². The van der Waals surface area contributed by atoms with Gasteiger partial charge in [0.05, 0.1) is 6.04 Å². The number of methoxy groups -OCH3 is 1.